The molecule has 0 aliphatic carbocycles. The number of fused-ring (bicyclic) bond motifs is 4. The molecule has 0 spiro atoms. The normalized spacial score (nSPS) is 12.8. The minimum absolute atomic E-state index is 0. The van der Waals surface area contributed by atoms with E-state index >= 15 is 0 Å². The van der Waals surface area contributed by atoms with Gasteiger partial charge in [0.05, 0.1) is 39.9 Å². The van der Waals surface area contributed by atoms with Gasteiger partial charge in [0.2, 0.25) is 0 Å². The summed E-state index contributed by atoms with van der Waals surface area (Å²) in [5.41, 5.74) is 22.9. The third-order valence-electron chi connectivity index (χ3n) is 18.2. The predicted octanol–water partition coefficient (Wildman–Crippen LogP) is 15.8. The van der Waals surface area contributed by atoms with Gasteiger partial charge in [-0.2, -0.15) is 0 Å². The van der Waals surface area contributed by atoms with Crippen LogP contribution >= 0.6 is 12.4 Å². The number of ether oxygens (including phenoxy) is 5. The van der Waals surface area contributed by atoms with Gasteiger partial charge in [0.25, 0.3) is 0 Å². The summed E-state index contributed by atoms with van der Waals surface area (Å²) in [5, 5.41) is 44.9. The lowest BCUT2D eigenvalue weighted by Crippen LogP contribution is -2.46. The first kappa shape index (κ1) is 112. The number of carboxylic acids is 4. The molecule has 0 radical (unpaired) electrons. The number of hydrogen-bond donors (Lipinski definition) is 14. The minimum atomic E-state index is -1.10. The van der Waals surface area contributed by atoms with Crippen molar-refractivity contribution in [2.24, 2.45) is 39.2 Å². The van der Waals surface area contributed by atoms with E-state index in [1.807, 2.05) is 157 Å². The lowest BCUT2D eigenvalue weighted by Gasteiger charge is -2.29. The Labute approximate surface area is 756 Å². The molecule has 18 N–H and O–H groups in total. The molecule has 0 fully saturated rings. The number of alkyl carbamates (subject to hydrolysis) is 2. The number of amides is 2. The van der Waals surface area contributed by atoms with Crippen molar-refractivity contribution in [1.82, 2.24) is 30.6 Å². The number of Topliss-reactive ketones (excluding diaryl/α,β-unsaturated/α-hetero) is 3. The Morgan fingerprint density at radius 2 is 0.578 bits per heavy atom. The van der Waals surface area contributed by atoms with Crippen LogP contribution in [0, 0.1) is 16.2 Å². The van der Waals surface area contributed by atoms with Gasteiger partial charge in [-0.3, -0.25) is 38.4 Å². The van der Waals surface area contributed by atoms with E-state index in [0.29, 0.717) is 18.4 Å². The fourth-order valence-electron chi connectivity index (χ4n) is 11.4. The molecule has 0 saturated heterocycles. The number of aromatic nitrogens is 4. The number of aromatic carboxylic acids is 1. The molecule has 4 heterocycles. The topological polar surface area (TPSA) is 523 Å². The van der Waals surface area contributed by atoms with Gasteiger partial charge in [-0.15, -0.1) is 12.4 Å². The Kier molecular flexibility index (Phi) is 41.5. The fraction of sp³-hybridized carbons (Fsp3) is 0.479. The molecule has 0 bridgehead atoms. The van der Waals surface area contributed by atoms with Crippen molar-refractivity contribution in [3.8, 4) is 0 Å². The number of para-hydroxylation sites is 4. The SMILES string of the molecule is CC(C)(C)OC(=O)C(C)(C)N.CC(C)(C)OC(=O)C(C)(C)N.CC(C)(C)OC(=O)N[C@H](Cc1c[nH]c2ccccc12)C(=O)CC(C)(C)C(=O)OC(C)(C)C.CC(C)(C)OC(=O)N[C@H](Cc1c[nH]c2ccccc12)C(=O)O.CC(C)(CC(=O)[C@H](N)Cc1c[nH]c2ccccc12)C(=O)O.CC(C)(CC(=O)[C@H](N)Cc1c[nH]c2ccccc12)C(=O)O.Cl.O=C(O)c1ccccc1. The number of carbonyl (C=O) groups excluding carboxylic acids is 8. The summed E-state index contributed by atoms with van der Waals surface area (Å²) in [6.45, 7) is 42.7. The lowest BCUT2D eigenvalue weighted by molar-refractivity contribution is -0.167. The van der Waals surface area contributed by atoms with E-state index < -0.39 is 122 Å². The van der Waals surface area contributed by atoms with Crippen LogP contribution in [0.4, 0.5) is 9.59 Å². The van der Waals surface area contributed by atoms with E-state index in [1.54, 1.807) is 140 Å². The maximum absolute atomic E-state index is 13.3. The third kappa shape index (κ3) is 40.5. The number of nitrogens with one attached hydrogen (secondary N) is 6. The molecule has 9 rings (SSSR count). The smallest absolute Gasteiger partial charge is 0.408 e. The predicted molar refractivity (Wildman–Crippen MR) is 498 cm³/mol. The van der Waals surface area contributed by atoms with Crippen molar-refractivity contribution in [1.29, 1.82) is 0 Å². The largest absolute Gasteiger partial charge is 0.481 e. The van der Waals surface area contributed by atoms with E-state index in [-0.39, 0.29) is 73.8 Å². The Hall–Kier alpha value is -11.8. The highest BCUT2D eigenvalue weighted by Crippen LogP contribution is 2.31. The number of H-pyrrole nitrogens is 4. The Bertz CT molecular complexity index is 5050. The highest BCUT2D eigenvalue weighted by atomic mass is 35.5. The molecule has 0 unspecified atom stereocenters. The van der Waals surface area contributed by atoms with Crippen LogP contribution in [0.25, 0.3) is 43.6 Å². The van der Waals surface area contributed by atoms with Crippen LogP contribution < -0.4 is 33.6 Å². The highest BCUT2D eigenvalue weighted by molar-refractivity contribution is 5.95. The highest BCUT2D eigenvalue weighted by Gasteiger charge is 2.39. The van der Waals surface area contributed by atoms with Gasteiger partial charge in [0, 0.05) is 101 Å². The molecule has 32 heteroatoms. The second kappa shape index (κ2) is 47.3. The standard InChI is InChI=1S/C25H36N2O5.C16H20N2O4.2C16H20N2O3.2C8H17NO2.C7H6O2.ClH/c1-23(2,3)31-21(29)25(7,8)14-20(28)19(27-22(30)32-24(4,5)6)13-16-15-26-18-12-10-9-11-17(16)18;1-16(2,3)22-15(21)18-13(14(19)20)8-10-9-17-12-7-5-4-6-11(10)12;2*1-16(2,15(20)21)8-14(19)12(17)7-10-9-18-13-6-4-3-5-11(10)13;2*1-7(2,3)11-6(10)8(4,5)9;8-7(9)6-4-2-1-3-5-6;/h9-12,15,19,26H,13-14H2,1-8H3,(H,27,30);4-7,9,13,17H,8H2,1-3H3,(H,18,21)(H,19,20);2*3-6,9,12,18H,7-8,17H2,1-2H3,(H,20,21);2*9H2,1-5H3;1-5H,(H,8,9);1H/t19-;13-;2*12-;;;;/m1111..../s1. The first-order valence-electron chi connectivity index (χ1n) is 41.6. The first-order valence-corrected chi connectivity index (χ1v) is 41.6. The molecule has 0 saturated carbocycles. The summed E-state index contributed by atoms with van der Waals surface area (Å²) in [5.74, 6) is -5.88. The number of aromatic amines is 4. The molecule has 5 aromatic carbocycles. The second-order valence-corrected chi connectivity index (χ2v) is 39.0. The van der Waals surface area contributed by atoms with Crippen molar-refractivity contribution in [3.63, 3.8) is 0 Å². The van der Waals surface area contributed by atoms with E-state index in [4.69, 9.17) is 61.9 Å². The average Bonchev–Trinajstić information content (AvgIpc) is 1.48. The number of halogens is 1. The molecule has 704 valence electrons. The molecule has 128 heavy (non-hydrogen) atoms. The van der Waals surface area contributed by atoms with Gasteiger partial charge in [-0.1, -0.05) is 91.0 Å². The van der Waals surface area contributed by atoms with Crippen molar-refractivity contribution in [2.45, 2.75) is 281 Å². The Balaban J connectivity index is 0.000000524. The lowest BCUT2D eigenvalue weighted by atomic mass is 9.84. The summed E-state index contributed by atoms with van der Waals surface area (Å²) >= 11 is 0. The number of rotatable bonds is 26. The van der Waals surface area contributed by atoms with Crippen molar-refractivity contribution in [3.05, 3.63) is 180 Å². The number of esters is 3. The summed E-state index contributed by atoms with van der Waals surface area (Å²) in [4.78, 5) is 153. The molecule has 4 aromatic heterocycles. The zero-order valence-corrected chi connectivity index (χ0v) is 79.5. The van der Waals surface area contributed by atoms with Gasteiger partial charge < -0.3 is 97.6 Å². The summed E-state index contributed by atoms with van der Waals surface area (Å²) < 4.78 is 26.0. The summed E-state index contributed by atoms with van der Waals surface area (Å²) in [7, 11) is 0. The third-order valence-corrected chi connectivity index (χ3v) is 18.2. The number of hydrogen-bond acceptors (Lipinski definition) is 21. The number of aliphatic carboxylic acids is 3. The summed E-state index contributed by atoms with van der Waals surface area (Å²) in [6, 6.07) is 36.0. The molecular weight excluding hydrogens is 1660 g/mol. The molecule has 0 aliphatic rings. The second-order valence-electron chi connectivity index (χ2n) is 39.0. The number of benzene rings is 5. The molecule has 2 amide bonds. The van der Waals surface area contributed by atoms with Crippen LogP contribution in [0.1, 0.15) is 225 Å². The van der Waals surface area contributed by atoms with Crippen molar-refractivity contribution >= 4 is 127 Å². The van der Waals surface area contributed by atoms with E-state index in [0.717, 1.165) is 65.9 Å². The Morgan fingerprint density at radius 3 is 0.828 bits per heavy atom. The maximum Gasteiger partial charge on any atom is 0.408 e. The van der Waals surface area contributed by atoms with Crippen LogP contribution in [-0.2, 0) is 92.5 Å². The van der Waals surface area contributed by atoms with Gasteiger partial charge in [-0.25, -0.2) is 19.2 Å². The average molecular weight is 1800 g/mol. The first-order chi connectivity index (χ1) is 58.0. The Morgan fingerprint density at radius 1 is 0.328 bits per heavy atom. The number of carbonyl (C=O) groups is 12. The zero-order chi connectivity index (χ0) is 97.1. The maximum atomic E-state index is 13.3. The number of carboxylic acid groups (broad SMARTS) is 4. The molecule has 31 nitrogen and oxygen atoms in total. The zero-order valence-electron chi connectivity index (χ0n) is 78.6. The van der Waals surface area contributed by atoms with Crippen molar-refractivity contribution in [2.75, 3.05) is 0 Å². The molecule has 0 aliphatic heterocycles. The van der Waals surface area contributed by atoms with Crippen LogP contribution in [0.5, 0.6) is 0 Å². The van der Waals surface area contributed by atoms with Crippen LogP contribution in [0.15, 0.2) is 152 Å². The fourth-order valence-corrected chi connectivity index (χ4v) is 11.4. The molecule has 4 atom stereocenters. The van der Waals surface area contributed by atoms with Crippen LogP contribution in [0.2, 0.25) is 0 Å². The summed E-state index contributed by atoms with van der Waals surface area (Å²) in [6.07, 6.45) is 6.92. The molecular formula is C96H137ClN10O21. The van der Waals surface area contributed by atoms with Crippen LogP contribution in [0.3, 0.4) is 0 Å². The monoisotopic (exact) mass is 1800 g/mol. The quantitative estimate of drug-likeness (QED) is 0.0177. The van der Waals surface area contributed by atoms with Gasteiger partial charge in [0.1, 0.15) is 45.1 Å². The molecule has 9 aromatic rings. The van der Waals surface area contributed by atoms with E-state index in [2.05, 4.69) is 30.6 Å². The van der Waals surface area contributed by atoms with E-state index in [1.165, 1.54) is 27.7 Å². The minimum Gasteiger partial charge on any atom is -0.481 e. The van der Waals surface area contributed by atoms with Gasteiger partial charge in [-0.05, 0) is 245 Å². The number of nitrogens with two attached hydrogens (primary N) is 4. The van der Waals surface area contributed by atoms with Crippen molar-refractivity contribution < 1.29 is 102 Å². The van der Waals surface area contributed by atoms with Gasteiger partial charge in [0.15, 0.2) is 17.3 Å². The van der Waals surface area contributed by atoms with Crippen LogP contribution in [-0.4, -0.2) is 175 Å². The van der Waals surface area contributed by atoms with Gasteiger partial charge >= 0.3 is 54.0 Å². The number of ketones is 3. The van der Waals surface area contributed by atoms with E-state index in [9.17, 15) is 62.6 Å².